The minimum atomic E-state index is -0.498. The molecule has 0 aromatic heterocycles. The molecule has 88 heavy (non-hydrogen) atoms. The summed E-state index contributed by atoms with van der Waals surface area (Å²) < 4.78 is 21.4. The van der Waals surface area contributed by atoms with Gasteiger partial charge in [0.05, 0.1) is 6.61 Å². The molecule has 17 nitrogen and oxygen atoms in total. The molecule has 6 amide bonds. The van der Waals surface area contributed by atoms with Gasteiger partial charge in [-0.2, -0.15) is 0 Å². The number of carbonyl (C=O) groups is 6. The Morgan fingerprint density at radius 2 is 0.489 bits per heavy atom. The number of aliphatic hydroxyl groups excluding tert-OH is 1. The Morgan fingerprint density at radius 1 is 0.273 bits per heavy atom. The van der Waals surface area contributed by atoms with Crippen molar-refractivity contribution in [2.24, 2.45) is 0 Å². The van der Waals surface area contributed by atoms with Crippen molar-refractivity contribution < 1.29 is 52.8 Å². The Kier molecular flexibility index (Phi) is 28.4. The number of aryl methyl sites for hydroxylation is 6. The molecule has 17 heteroatoms. The lowest BCUT2D eigenvalue weighted by Gasteiger charge is -2.13. The number of benzene rings is 7. The lowest BCUT2D eigenvalue weighted by molar-refractivity contribution is 0.0945. The summed E-state index contributed by atoms with van der Waals surface area (Å²) in [5.41, 5.74) is 11.3. The van der Waals surface area contributed by atoms with Crippen LogP contribution in [0.3, 0.4) is 0 Å². The fourth-order valence-electron chi connectivity index (χ4n) is 9.81. The van der Waals surface area contributed by atoms with Gasteiger partial charge in [-0.25, -0.2) is 19.2 Å². The van der Waals surface area contributed by atoms with Crippen LogP contribution in [-0.2, 0) is 90.5 Å². The van der Waals surface area contributed by atoms with Crippen LogP contribution in [0.1, 0.15) is 120 Å². The third-order valence-corrected chi connectivity index (χ3v) is 14.3. The van der Waals surface area contributed by atoms with Gasteiger partial charge in [0.25, 0.3) is 11.8 Å². The van der Waals surface area contributed by atoms with Crippen LogP contribution < -0.4 is 31.9 Å². The second-order valence-electron chi connectivity index (χ2n) is 21.5. The van der Waals surface area contributed by atoms with Gasteiger partial charge in [-0.05, 0) is 163 Å². The highest BCUT2D eigenvalue weighted by Gasteiger charge is 2.14. The highest BCUT2D eigenvalue weighted by atomic mass is 16.6. The van der Waals surface area contributed by atoms with Crippen LogP contribution in [-0.4, -0.2) is 80.6 Å². The Hall–Kier alpha value is -9.48. The van der Waals surface area contributed by atoms with Crippen LogP contribution in [0.2, 0.25) is 0 Å². The minimum absolute atomic E-state index is 0.128. The maximum absolute atomic E-state index is 13.8. The van der Waals surface area contributed by atoms with Crippen LogP contribution in [0.5, 0.6) is 0 Å². The highest BCUT2D eigenvalue weighted by Crippen LogP contribution is 2.19. The standard InChI is InChI=1S/C71H82N6O11/c78-48-63-42-57(27-13-33-72-66(79)64-44-59(29-15-35-74-68(81)85-49-53-19-5-1-6-20-53)40-60(45-64)30-16-36-75-69(82)86-50-54-21-7-2-8-22-54)39-58(43-63)28-14-34-73-67(80)65-46-61(31-17-37-76-70(83)87-51-55-23-9-3-10-24-55)41-62(47-65)32-18-38-77-71(84)88-52-56-25-11-4-12-26-56/h1-12,19-26,39-47,78H,13-18,27-38,48-52H2,(H,72,79)(H,73,80)(H,74,81)(H,75,82)(H,76,83)(H,77,84). The molecule has 0 spiro atoms. The molecule has 7 rings (SSSR count). The number of amides is 6. The zero-order valence-corrected chi connectivity index (χ0v) is 50.0. The molecule has 7 N–H and O–H groups in total. The molecule has 0 saturated carbocycles. The Bertz CT molecular complexity index is 2900. The van der Waals surface area contributed by atoms with Crippen molar-refractivity contribution in [2.75, 3.05) is 39.3 Å². The Balaban J connectivity index is 0.873. The molecule has 0 radical (unpaired) electrons. The topological polar surface area (TPSA) is 232 Å². The number of rotatable bonds is 35. The average molecular weight is 1200 g/mol. The first-order chi connectivity index (χ1) is 43.0. The smallest absolute Gasteiger partial charge is 0.407 e. The van der Waals surface area contributed by atoms with E-state index >= 15 is 0 Å². The SMILES string of the molecule is O=C(NCCCc1cc(CCCNC(=O)OCc2ccccc2)cc(C(=O)NCCCc2cc(CO)cc(CCCNC(=O)c3cc(CCCNC(=O)OCc4ccccc4)cc(CCCNC(=O)OCc4ccccc4)c3)c2)c1)OCc1ccccc1. The second-order valence-corrected chi connectivity index (χ2v) is 21.5. The minimum Gasteiger partial charge on any atom is -0.445 e. The van der Waals surface area contributed by atoms with Crippen LogP contribution >= 0.6 is 0 Å². The molecule has 0 heterocycles. The third-order valence-electron chi connectivity index (χ3n) is 14.3. The first-order valence-electron chi connectivity index (χ1n) is 30.4. The van der Waals surface area contributed by atoms with E-state index in [2.05, 4.69) is 50.1 Å². The number of hydrogen-bond donors (Lipinski definition) is 7. The van der Waals surface area contributed by atoms with Crippen molar-refractivity contribution >= 4 is 36.2 Å². The van der Waals surface area contributed by atoms with Crippen LogP contribution in [0.25, 0.3) is 0 Å². The van der Waals surface area contributed by atoms with E-state index in [1.165, 1.54) is 0 Å². The monoisotopic (exact) mass is 1190 g/mol. The molecule has 0 atom stereocenters. The number of alkyl carbamates (subject to hydrolysis) is 4. The van der Waals surface area contributed by atoms with Gasteiger partial charge in [0, 0.05) is 50.4 Å². The lowest BCUT2D eigenvalue weighted by Crippen LogP contribution is -2.26. The van der Waals surface area contributed by atoms with Gasteiger partial charge in [0.15, 0.2) is 0 Å². The van der Waals surface area contributed by atoms with E-state index in [9.17, 15) is 33.9 Å². The number of nitrogens with one attached hydrogen (secondary N) is 6. The van der Waals surface area contributed by atoms with E-state index in [0.29, 0.717) is 127 Å². The van der Waals surface area contributed by atoms with Crippen molar-refractivity contribution in [1.82, 2.24) is 31.9 Å². The molecule has 0 unspecified atom stereocenters. The summed E-state index contributed by atoms with van der Waals surface area (Å²) in [6, 6.07) is 55.6. The summed E-state index contributed by atoms with van der Waals surface area (Å²) in [6.45, 7) is 2.95. The quantitative estimate of drug-likeness (QED) is 0.0146. The molecule has 7 aromatic carbocycles. The summed E-state index contributed by atoms with van der Waals surface area (Å²) in [5, 5.41) is 27.7. The maximum Gasteiger partial charge on any atom is 0.407 e. The fraction of sp³-hybridized carbons (Fsp3) is 0.324. The number of ether oxygens (including phenoxy) is 4. The maximum atomic E-state index is 13.8. The molecule has 0 aliphatic rings. The van der Waals surface area contributed by atoms with E-state index in [1.807, 2.05) is 158 Å². The first kappa shape index (κ1) is 66.1. The molecule has 0 bridgehead atoms. The van der Waals surface area contributed by atoms with Gasteiger partial charge in [-0.1, -0.05) is 152 Å². The van der Waals surface area contributed by atoms with Gasteiger partial charge >= 0.3 is 24.4 Å². The summed E-state index contributed by atoms with van der Waals surface area (Å²) in [7, 11) is 0. The Morgan fingerprint density at radius 3 is 0.727 bits per heavy atom. The van der Waals surface area contributed by atoms with Gasteiger partial charge in [0.2, 0.25) is 0 Å². The van der Waals surface area contributed by atoms with E-state index in [1.54, 1.807) is 0 Å². The van der Waals surface area contributed by atoms with Crippen molar-refractivity contribution in [3.05, 3.63) is 248 Å². The van der Waals surface area contributed by atoms with Gasteiger partial charge in [-0.3, -0.25) is 9.59 Å². The largest absolute Gasteiger partial charge is 0.445 e. The highest BCUT2D eigenvalue weighted by molar-refractivity contribution is 5.95. The van der Waals surface area contributed by atoms with E-state index in [-0.39, 0.29) is 44.8 Å². The summed E-state index contributed by atoms with van der Waals surface area (Å²) in [6.07, 6.45) is 5.54. The predicted molar refractivity (Wildman–Crippen MR) is 338 cm³/mol. The molecule has 0 fully saturated rings. The summed E-state index contributed by atoms with van der Waals surface area (Å²) in [4.78, 5) is 77.1. The number of hydrogen-bond acceptors (Lipinski definition) is 11. The van der Waals surface area contributed by atoms with Crippen molar-refractivity contribution in [1.29, 1.82) is 0 Å². The second kappa shape index (κ2) is 37.8. The number of aliphatic hydroxyl groups is 1. The lowest BCUT2D eigenvalue weighted by atomic mass is 9.98. The van der Waals surface area contributed by atoms with Crippen LogP contribution in [0.15, 0.2) is 176 Å². The Labute approximate surface area is 516 Å². The zero-order valence-electron chi connectivity index (χ0n) is 50.0. The fourth-order valence-corrected chi connectivity index (χ4v) is 9.81. The number of carbonyl (C=O) groups excluding carboxylic acids is 6. The first-order valence-corrected chi connectivity index (χ1v) is 30.4. The predicted octanol–water partition coefficient (Wildman–Crippen LogP) is 11.3. The average Bonchev–Trinajstić information content (AvgIpc) is 3.75. The normalized spacial score (nSPS) is 10.7. The van der Waals surface area contributed by atoms with Gasteiger partial charge < -0.3 is 56.0 Å². The van der Waals surface area contributed by atoms with E-state index < -0.39 is 24.4 Å². The molecule has 0 saturated heterocycles. The van der Waals surface area contributed by atoms with Crippen molar-refractivity contribution in [2.45, 2.75) is 110 Å². The summed E-state index contributed by atoms with van der Waals surface area (Å²) in [5.74, 6) is -0.416. The van der Waals surface area contributed by atoms with E-state index in [0.717, 1.165) is 61.2 Å². The van der Waals surface area contributed by atoms with Gasteiger partial charge in [-0.15, -0.1) is 0 Å². The molecular formula is C71H82N6O11. The molecular weight excluding hydrogens is 1110 g/mol. The summed E-state index contributed by atoms with van der Waals surface area (Å²) >= 11 is 0. The van der Waals surface area contributed by atoms with Gasteiger partial charge in [0.1, 0.15) is 26.4 Å². The van der Waals surface area contributed by atoms with Crippen molar-refractivity contribution in [3.8, 4) is 0 Å². The molecule has 462 valence electrons. The van der Waals surface area contributed by atoms with Crippen LogP contribution in [0.4, 0.5) is 19.2 Å². The molecule has 0 aliphatic carbocycles. The van der Waals surface area contributed by atoms with Crippen LogP contribution in [0, 0.1) is 0 Å². The molecule has 0 aliphatic heterocycles. The van der Waals surface area contributed by atoms with E-state index in [4.69, 9.17) is 18.9 Å². The van der Waals surface area contributed by atoms with Crippen molar-refractivity contribution in [3.63, 3.8) is 0 Å². The molecule has 7 aromatic rings. The third kappa shape index (κ3) is 25.6. The zero-order chi connectivity index (χ0) is 61.8.